The van der Waals surface area contributed by atoms with Crippen molar-refractivity contribution in [2.24, 2.45) is 0 Å². The second-order valence-electron chi connectivity index (χ2n) is 6.97. The first kappa shape index (κ1) is 21.6. The lowest BCUT2D eigenvalue weighted by Crippen LogP contribution is -2.15. The van der Waals surface area contributed by atoms with E-state index >= 15 is 0 Å². The highest BCUT2D eigenvalue weighted by Crippen LogP contribution is 2.26. The van der Waals surface area contributed by atoms with Gasteiger partial charge in [0.2, 0.25) is 5.91 Å². The average Bonchev–Trinajstić information content (AvgIpc) is 3.25. The lowest BCUT2D eigenvalue weighted by atomic mass is 10.1. The Balaban J connectivity index is 1.50. The molecule has 32 heavy (non-hydrogen) atoms. The van der Waals surface area contributed by atoms with Crippen molar-refractivity contribution in [2.45, 2.75) is 18.1 Å². The van der Waals surface area contributed by atoms with Gasteiger partial charge in [0.15, 0.2) is 11.0 Å². The number of carbonyl (C=O) groups is 1. The Bertz CT molecular complexity index is 1170. The van der Waals surface area contributed by atoms with Crippen LogP contribution in [-0.2, 0) is 17.8 Å². The van der Waals surface area contributed by atoms with E-state index in [-0.39, 0.29) is 11.7 Å². The van der Waals surface area contributed by atoms with Gasteiger partial charge in [-0.2, -0.15) is 0 Å². The van der Waals surface area contributed by atoms with Crippen molar-refractivity contribution in [3.8, 4) is 17.1 Å². The molecule has 4 aromatic rings. The topological polar surface area (TPSA) is 81.9 Å². The Morgan fingerprint density at radius 1 is 1.03 bits per heavy atom. The number of ether oxygens (including phenoxy) is 1. The maximum atomic E-state index is 12.6. The summed E-state index contributed by atoms with van der Waals surface area (Å²) in [7, 11) is 1.58. The van der Waals surface area contributed by atoms with Crippen LogP contribution in [0.2, 0.25) is 0 Å². The number of rotatable bonds is 9. The minimum Gasteiger partial charge on any atom is -0.495 e. The van der Waals surface area contributed by atoms with Crippen molar-refractivity contribution in [3.63, 3.8) is 0 Å². The summed E-state index contributed by atoms with van der Waals surface area (Å²) >= 11 is 1.35. The van der Waals surface area contributed by atoms with Crippen molar-refractivity contribution < 1.29 is 9.53 Å². The Labute approximate surface area is 190 Å². The van der Waals surface area contributed by atoms with Gasteiger partial charge in [0.25, 0.3) is 0 Å². The van der Waals surface area contributed by atoms with Gasteiger partial charge in [0.1, 0.15) is 5.75 Å². The van der Waals surface area contributed by atoms with E-state index in [0.717, 1.165) is 17.8 Å². The van der Waals surface area contributed by atoms with Gasteiger partial charge in [-0.05, 0) is 36.2 Å². The third kappa shape index (κ3) is 5.33. The number of nitrogens with one attached hydrogen (secondary N) is 1. The zero-order valence-electron chi connectivity index (χ0n) is 17.6. The van der Waals surface area contributed by atoms with Gasteiger partial charge in [0, 0.05) is 24.5 Å². The van der Waals surface area contributed by atoms with E-state index < -0.39 is 0 Å². The van der Waals surface area contributed by atoms with Crippen LogP contribution >= 0.6 is 11.8 Å². The van der Waals surface area contributed by atoms with Crippen molar-refractivity contribution >= 4 is 23.4 Å². The number of hydrogen-bond donors (Lipinski definition) is 1. The number of amides is 1. The van der Waals surface area contributed by atoms with E-state index in [1.165, 1.54) is 17.3 Å². The lowest BCUT2D eigenvalue weighted by Gasteiger charge is -2.11. The predicted molar refractivity (Wildman–Crippen MR) is 126 cm³/mol. The highest BCUT2D eigenvalue weighted by Gasteiger charge is 2.16. The van der Waals surface area contributed by atoms with Gasteiger partial charge in [-0.25, -0.2) is 0 Å². The second-order valence-corrected chi connectivity index (χ2v) is 7.91. The molecule has 7 nitrogen and oxygen atoms in total. The molecule has 1 N–H and O–H groups in total. The number of anilines is 1. The molecule has 162 valence electrons. The first-order valence-corrected chi connectivity index (χ1v) is 11.2. The first-order valence-electron chi connectivity index (χ1n) is 10.2. The van der Waals surface area contributed by atoms with E-state index in [9.17, 15) is 4.79 Å². The number of pyridine rings is 1. The molecule has 0 bridgehead atoms. The van der Waals surface area contributed by atoms with Crippen LogP contribution in [0.15, 0.2) is 84.3 Å². The monoisotopic (exact) mass is 445 g/mol. The molecule has 1 amide bonds. The molecule has 2 aromatic carbocycles. The van der Waals surface area contributed by atoms with Gasteiger partial charge in [-0.1, -0.05) is 54.2 Å². The number of para-hydroxylation sites is 2. The third-order valence-corrected chi connectivity index (χ3v) is 5.78. The van der Waals surface area contributed by atoms with Crippen LogP contribution in [0.1, 0.15) is 5.56 Å². The Morgan fingerprint density at radius 3 is 2.62 bits per heavy atom. The summed E-state index contributed by atoms with van der Waals surface area (Å²) in [6.45, 7) is 0.692. The minimum atomic E-state index is -0.139. The summed E-state index contributed by atoms with van der Waals surface area (Å²) in [4.78, 5) is 16.8. The van der Waals surface area contributed by atoms with Gasteiger partial charge in [0.05, 0.1) is 18.6 Å². The summed E-state index contributed by atoms with van der Waals surface area (Å²) in [6, 6.07) is 21.4. The molecule has 0 radical (unpaired) electrons. The lowest BCUT2D eigenvalue weighted by molar-refractivity contribution is -0.113. The molecule has 0 aliphatic heterocycles. The van der Waals surface area contributed by atoms with Crippen molar-refractivity contribution in [1.82, 2.24) is 19.7 Å². The summed E-state index contributed by atoms with van der Waals surface area (Å²) in [6.07, 6.45) is 4.32. The zero-order chi connectivity index (χ0) is 22.2. The van der Waals surface area contributed by atoms with Crippen LogP contribution in [0.25, 0.3) is 11.4 Å². The predicted octanol–water partition coefficient (Wildman–Crippen LogP) is 4.32. The molecule has 0 aliphatic rings. The van der Waals surface area contributed by atoms with Crippen molar-refractivity contribution in [2.75, 3.05) is 18.2 Å². The maximum absolute atomic E-state index is 12.6. The molecule has 2 aromatic heterocycles. The van der Waals surface area contributed by atoms with E-state index in [2.05, 4.69) is 32.6 Å². The number of aryl methyl sites for hydroxylation is 1. The molecule has 4 rings (SSSR count). The maximum Gasteiger partial charge on any atom is 0.234 e. The number of benzene rings is 2. The molecule has 0 atom stereocenters. The highest BCUT2D eigenvalue weighted by atomic mass is 32.2. The van der Waals surface area contributed by atoms with Crippen molar-refractivity contribution in [3.05, 3.63) is 84.7 Å². The van der Waals surface area contributed by atoms with Crippen LogP contribution < -0.4 is 10.1 Å². The number of nitrogens with zero attached hydrogens (tertiary/aromatic N) is 4. The van der Waals surface area contributed by atoms with E-state index in [1.807, 2.05) is 59.2 Å². The van der Waals surface area contributed by atoms with E-state index in [4.69, 9.17) is 4.74 Å². The van der Waals surface area contributed by atoms with Crippen LogP contribution in [0, 0.1) is 0 Å². The summed E-state index contributed by atoms with van der Waals surface area (Å²) in [5.74, 6) is 1.42. The molecule has 0 spiro atoms. The number of aromatic nitrogens is 4. The number of hydrogen-bond acceptors (Lipinski definition) is 6. The molecule has 0 saturated carbocycles. The molecular formula is C24H23N5O2S. The zero-order valence-corrected chi connectivity index (χ0v) is 18.5. The third-order valence-electron chi connectivity index (χ3n) is 4.82. The smallest absolute Gasteiger partial charge is 0.234 e. The van der Waals surface area contributed by atoms with Crippen LogP contribution in [-0.4, -0.2) is 38.5 Å². The Morgan fingerprint density at radius 2 is 1.84 bits per heavy atom. The number of methoxy groups -OCH3 is 1. The van der Waals surface area contributed by atoms with Crippen molar-refractivity contribution in [1.29, 1.82) is 0 Å². The SMILES string of the molecule is COc1ccccc1NC(=O)CSc1nnc(-c2cccnc2)n1CCc1ccccc1. The largest absolute Gasteiger partial charge is 0.495 e. The van der Waals surface area contributed by atoms with E-state index in [1.54, 1.807) is 19.5 Å². The van der Waals surface area contributed by atoms with Crippen LogP contribution in [0.5, 0.6) is 5.75 Å². The fourth-order valence-corrected chi connectivity index (χ4v) is 4.02. The standard InChI is InChI=1S/C24H23N5O2S/c1-31-21-12-6-5-11-20(21)26-22(30)17-32-24-28-27-23(19-10-7-14-25-16-19)29(24)15-13-18-8-3-2-4-9-18/h2-12,14,16H,13,15,17H2,1H3,(H,26,30). The molecular weight excluding hydrogens is 422 g/mol. The summed E-state index contributed by atoms with van der Waals surface area (Å²) in [5.41, 5.74) is 2.75. The van der Waals surface area contributed by atoms with Crippen LogP contribution in [0.4, 0.5) is 5.69 Å². The van der Waals surface area contributed by atoms with Gasteiger partial charge in [-0.15, -0.1) is 10.2 Å². The molecule has 0 unspecified atom stereocenters. The average molecular weight is 446 g/mol. The number of thioether (sulfide) groups is 1. The molecule has 0 aliphatic carbocycles. The molecule has 8 heteroatoms. The number of carbonyl (C=O) groups excluding carboxylic acids is 1. The summed E-state index contributed by atoms with van der Waals surface area (Å²) in [5, 5.41) is 12.3. The Hall–Kier alpha value is -3.65. The van der Waals surface area contributed by atoms with E-state index in [0.29, 0.717) is 23.1 Å². The fraction of sp³-hybridized carbons (Fsp3) is 0.167. The highest BCUT2D eigenvalue weighted by molar-refractivity contribution is 7.99. The molecule has 0 saturated heterocycles. The van der Waals surface area contributed by atoms with Gasteiger partial charge in [-0.3, -0.25) is 9.78 Å². The summed E-state index contributed by atoms with van der Waals surface area (Å²) < 4.78 is 7.35. The fourth-order valence-electron chi connectivity index (χ4n) is 3.26. The normalized spacial score (nSPS) is 10.7. The first-order chi connectivity index (χ1) is 15.7. The van der Waals surface area contributed by atoms with Crippen LogP contribution in [0.3, 0.4) is 0 Å². The van der Waals surface area contributed by atoms with Gasteiger partial charge >= 0.3 is 0 Å². The second kappa shape index (κ2) is 10.6. The molecule has 0 fully saturated rings. The quantitative estimate of drug-likeness (QED) is 0.386. The minimum absolute atomic E-state index is 0.139. The van der Waals surface area contributed by atoms with Gasteiger partial charge < -0.3 is 14.6 Å². The molecule has 2 heterocycles. The Kier molecular flexibility index (Phi) is 7.14.